The van der Waals surface area contributed by atoms with Crippen LogP contribution in [0, 0.1) is 5.92 Å². The van der Waals surface area contributed by atoms with Gasteiger partial charge in [-0.25, -0.2) is 4.98 Å². The van der Waals surface area contributed by atoms with Gasteiger partial charge in [-0.1, -0.05) is 42.4 Å². The first kappa shape index (κ1) is 20.1. The molecule has 0 bridgehead atoms. The summed E-state index contributed by atoms with van der Waals surface area (Å²) in [5.74, 6) is 0.499. The molecule has 32 heavy (non-hydrogen) atoms. The summed E-state index contributed by atoms with van der Waals surface area (Å²) in [6, 6.07) is 15.7. The van der Waals surface area contributed by atoms with Crippen LogP contribution in [0.3, 0.4) is 0 Å². The Labute approximate surface area is 199 Å². The molecule has 1 aliphatic carbocycles. The Balaban J connectivity index is 1.51. The third kappa shape index (κ3) is 3.12. The zero-order valence-corrected chi connectivity index (χ0v) is 19.8. The van der Waals surface area contributed by atoms with Crippen molar-refractivity contribution < 1.29 is 4.79 Å². The molecule has 0 saturated heterocycles. The molecule has 1 unspecified atom stereocenters. The first-order chi connectivity index (χ1) is 15.5. The molecule has 1 aliphatic heterocycles. The monoisotopic (exact) mass is 477 g/mol. The molecular weight excluding hydrogens is 458 g/mol. The van der Waals surface area contributed by atoms with Crippen molar-refractivity contribution in [3.63, 3.8) is 0 Å². The summed E-state index contributed by atoms with van der Waals surface area (Å²) in [5, 5.41) is 1.48. The Morgan fingerprint density at radius 1 is 1.16 bits per heavy atom. The lowest BCUT2D eigenvalue weighted by molar-refractivity contribution is 0.100. The van der Waals surface area contributed by atoms with Crippen LogP contribution in [0.25, 0.3) is 10.2 Å². The van der Waals surface area contributed by atoms with E-state index in [0.717, 1.165) is 56.3 Å². The molecule has 0 fully saturated rings. The standard InChI is InChI=1S/C25H20ClN3OS2/c1-13-6-8-17-14(10-13)11-16-22(27)23(32-24(16)28-17)25(30)29-18-4-2-3-5-20(18)31-21-9-7-15(26)12-19(21)29/h2-5,7,9,11-13H,6,8,10,27H2,1H3. The normalized spacial score (nSPS) is 17.1. The smallest absolute Gasteiger partial charge is 0.275 e. The lowest BCUT2D eigenvalue weighted by Crippen LogP contribution is -2.28. The van der Waals surface area contributed by atoms with E-state index in [1.807, 2.05) is 42.5 Å². The number of hydrogen-bond donors (Lipinski definition) is 1. The minimum Gasteiger partial charge on any atom is -0.397 e. The van der Waals surface area contributed by atoms with E-state index in [0.29, 0.717) is 21.5 Å². The zero-order chi connectivity index (χ0) is 22.0. The molecule has 7 heteroatoms. The average Bonchev–Trinajstić information content (AvgIpc) is 3.11. The molecule has 1 amide bonds. The highest BCUT2D eigenvalue weighted by molar-refractivity contribution is 7.99. The van der Waals surface area contributed by atoms with Gasteiger partial charge in [0.05, 0.1) is 17.1 Å². The van der Waals surface area contributed by atoms with Gasteiger partial charge >= 0.3 is 0 Å². The Bertz CT molecular complexity index is 1410. The topological polar surface area (TPSA) is 59.2 Å². The van der Waals surface area contributed by atoms with E-state index in [2.05, 4.69) is 13.0 Å². The van der Waals surface area contributed by atoms with E-state index < -0.39 is 0 Å². The Kier molecular flexibility index (Phi) is 4.72. The van der Waals surface area contributed by atoms with Crippen LogP contribution in [0.5, 0.6) is 0 Å². The van der Waals surface area contributed by atoms with Gasteiger partial charge < -0.3 is 5.73 Å². The van der Waals surface area contributed by atoms with Gasteiger partial charge in [0.15, 0.2) is 0 Å². The third-order valence-electron chi connectivity index (χ3n) is 6.22. The number of thiophene rings is 1. The Morgan fingerprint density at radius 3 is 2.84 bits per heavy atom. The van der Waals surface area contributed by atoms with Crippen molar-refractivity contribution in [3.05, 3.63) is 69.7 Å². The molecule has 2 aliphatic rings. The van der Waals surface area contributed by atoms with Gasteiger partial charge in [0.25, 0.3) is 5.91 Å². The predicted octanol–water partition coefficient (Wildman–Crippen LogP) is 7.10. The number of benzene rings is 2. The number of para-hydroxylation sites is 1. The van der Waals surface area contributed by atoms with Crippen LogP contribution in [0.1, 0.15) is 34.3 Å². The van der Waals surface area contributed by atoms with Crippen LogP contribution in [0.4, 0.5) is 17.1 Å². The summed E-state index contributed by atoms with van der Waals surface area (Å²) in [6.45, 7) is 2.27. The molecule has 4 aromatic rings. The van der Waals surface area contributed by atoms with Gasteiger partial charge in [-0.05, 0) is 67.1 Å². The van der Waals surface area contributed by atoms with Crippen LogP contribution in [0.2, 0.25) is 5.02 Å². The minimum atomic E-state index is -0.145. The van der Waals surface area contributed by atoms with Gasteiger partial charge in [-0.15, -0.1) is 11.3 Å². The number of halogens is 1. The van der Waals surface area contributed by atoms with Crippen molar-refractivity contribution >= 4 is 67.9 Å². The summed E-state index contributed by atoms with van der Waals surface area (Å²) in [5.41, 5.74) is 11.1. The molecule has 160 valence electrons. The fourth-order valence-electron chi connectivity index (χ4n) is 4.58. The molecule has 0 radical (unpaired) electrons. The van der Waals surface area contributed by atoms with Crippen LogP contribution < -0.4 is 10.6 Å². The number of carbonyl (C=O) groups is 1. The average molecular weight is 478 g/mol. The Morgan fingerprint density at radius 2 is 1.97 bits per heavy atom. The maximum absolute atomic E-state index is 14.0. The number of pyridine rings is 1. The van der Waals surface area contributed by atoms with Crippen LogP contribution >= 0.6 is 34.7 Å². The van der Waals surface area contributed by atoms with Crippen molar-refractivity contribution in [1.82, 2.24) is 4.98 Å². The number of nitrogens with zero attached hydrogens (tertiary/aromatic N) is 2. The SMILES string of the molecule is CC1CCc2nc3sc(C(=O)N4c5ccccc5Sc5ccc(Cl)cc54)c(N)c3cc2C1. The maximum atomic E-state index is 14.0. The summed E-state index contributed by atoms with van der Waals surface area (Å²) in [7, 11) is 0. The second kappa shape index (κ2) is 7.51. The highest BCUT2D eigenvalue weighted by Crippen LogP contribution is 2.50. The van der Waals surface area contributed by atoms with Crippen LogP contribution in [0.15, 0.2) is 58.3 Å². The summed E-state index contributed by atoms with van der Waals surface area (Å²) in [4.78, 5) is 24.0. The van der Waals surface area contributed by atoms with Gasteiger partial charge in [0, 0.05) is 25.9 Å². The first-order valence-electron chi connectivity index (χ1n) is 10.6. The lowest BCUT2D eigenvalue weighted by Gasteiger charge is -2.31. The Hall–Kier alpha value is -2.54. The van der Waals surface area contributed by atoms with E-state index in [9.17, 15) is 4.79 Å². The van der Waals surface area contributed by atoms with Crippen molar-refractivity contribution in [2.45, 2.75) is 36.0 Å². The maximum Gasteiger partial charge on any atom is 0.275 e. The van der Waals surface area contributed by atoms with Gasteiger partial charge in [-0.2, -0.15) is 0 Å². The fraction of sp³-hybridized carbons (Fsp3) is 0.200. The quantitative estimate of drug-likeness (QED) is 0.317. The van der Waals surface area contributed by atoms with Crippen molar-refractivity contribution in [2.24, 2.45) is 5.92 Å². The third-order valence-corrected chi connectivity index (χ3v) is 8.69. The molecule has 1 atom stereocenters. The van der Waals surface area contributed by atoms with E-state index in [1.54, 1.807) is 16.7 Å². The van der Waals surface area contributed by atoms with E-state index in [-0.39, 0.29) is 5.91 Å². The number of fused-ring (bicyclic) bond motifs is 4. The molecule has 0 spiro atoms. The summed E-state index contributed by atoms with van der Waals surface area (Å²) in [6.07, 6.45) is 3.15. The first-order valence-corrected chi connectivity index (χ1v) is 12.6. The van der Waals surface area contributed by atoms with Crippen molar-refractivity contribution in [3.8, 4) is 0 Å². The van der Waals surface area contributed by atoms with Crippen LogP contribution in [-0.2, 0) is 12.8 Å². The number of aryl methyl sites for hydroxylation is 1. The molecule has 6 rings (SSSR count). The van der Waals surface area contributed by atoms with E-state index in [4.69, 9.17) is 22.3 Å². The molecular formula is C25H20ClN3OS2. The summed E-state index contributed by atoms with van der Waals surface area (Å²) >= 11 is 9.35. The molecule has 0 saturated carbocycles. The molecule has 2 N–H and O–H groups in total. The second-order valence-corrected chi connectivity index (χ2v) is 11.0. The zero-order valence-electron chi connectivity index (χ0n) is 17.4. The van der Waals surface area contributed by atoms with E-state index in [1.165, 1.54) is 16.9 Å². The number of aromatic nitrogens is 1. The second-order valence-electron chi connectivity index (χ2n) is 8.46. The number of nitrogen functional groups attached to an aromatic ring is 1. The number of carbonyl (C=O) groups excluding carboxylic acids is 1. The number of hydrogen-bond acceptors (Lipinski definition) is 5. The van der Waals surface area contributed by atoms with Gasteiger partial charge in [0.2, 0.25) is 0 Å². The highest BCUT2D eigenvalue weighted by Gasteiger charge is 2.32. The van der Waals surface area contributed by atoms with Gasteiger partial charge in [-0.3, -0.25) is 9.69 Å². The van der Waals surface area contributed by atoms with Crippen LogP contribution in [-0.4, -0.2) is 10.9 Å². The fourth-order valence-corrected chi connectivity index (χ4v) is 6.81. The van der Waals surface area contributed by atoms with Gasteiger partial charge in [0.1, 0.15) is 9.71 Å². The molecule has 2 aromatic heterocycles. The number of rotatable bonds is 1. The highest BCUT2D eigenvalue weighted by atomic mass is 35.5. The van der Waals surface area contributed by atoms with Crippen molar-refractivity contribution in [2.75, 3.05) is 10.6 Å². The number of amides is 1. The largest absolute Gasteiger partial charge is 0.397 e. The molecule has 3 heterocycles. The predicted molar refractivity (Wildman–Crippen MR) is 134 cm³/mol. The molecule has 4 nitrogen and oxygen atoms in total. The number of nitrogens with two attached hydrogens (primary N) is 1. The molecule has 2 aromatic carbocycles. The lowest BCUT2D eigenvalue weighted by atomic mass is 9.87. The van der Waals surface area contributed by atoms with E-state index >= 15 is 0 Å². The number of anilines is 3. The minimum absolute atomic E-state index is 0.145. The van der Waals surface area contributed by atoms with Crippen molar-refractivity contribution in [1.29, 1.82) is 0 Å². The summed E-state index contributed by atoms with van der Waals surface area (Å²) < 4.78 is 0.